The molecule has 5 rings (SSSR count). The molecule has 1 aliphatic rings. The number of nitrogens with two attached hydrogens (primary N) is 1. The summed E-state index contributed by atoms with van der Waals surface area (Å²) in [4.78, 5) is 94.5. The van der Waals surface area contributed by atoms with E-state index in [1.807, 2.05) is 109 Å². The Morgan fingerprint density at radius 2 is 1.07 bits per heavy atom. The highest BCUT2D eigenvalue weighted by Gasteiger charge is 2.52. The van der Waals surface area contributed by atoms with Gasteiger partial charge in [0.05, 0.1) is 12.0 Å². The van der Waals surface area contributed by atoms with Gasteiger partial charge in [-0.05, 0) is 86.1 Å². The molecule has 71 heavy (non-hydrogen) atoms. The Bertz CT molecular complexity index is 2460. The molecule has 4 N–H and O–H groups in total. The van der Waals surface area contributed by atoms with Crippen LogP contribution in [0.2, 0.25) is 5.04 Å². The maximum atomic E-state index is 14.7. The van der Waals surface area contributed by atoms with Crippen LogP contribution < -0.4 is 26.7 Å². The number of Topliss-reactive ketones (excluding diaryl/α,β-unsaturated/α-hetero) is 2. The summed E-state index contributed by atoms with van der Waals surface area (Å²) in [5.41, 5.74) is 8.77. The van der Waals surface area contributed by atoms with E-state index in [2.05, 4.69) is 31.4 Å². The van der Waals surface area contributed by atoms with Gasteiger partial charge in [-0.2, -0.15) is 0 Å². The van der Waals surface area contributed by atoms with Crippen LogP contribution in [0.4, 0.5) is 9.59 Å². The molecule has 0 aliphatic heterocycles. The third-order valence-electron chi connectivity index (χ3n) is 12.6. The summed E-state index contributed by atoms with van der Waals surface area (Å²) in [6.07, 6.45) is -6.51. The summed E-state index contributed by atoms with van der Waals surface area (Å²) < 4.78 is 29.1. The van der Waals surface area contributed by atoms with E-state index in [1.165, 1.54) is 27.7 Å². The van der Waals surface area contributed by atoms with Gasteiger partial charge in [0, 0.05) is 24.7 Å². The highest BCUT2D eigenvalue weighted by atomic mass is 28.4. The Balaban J connectivity index is 1.33. The van der Waals surface area contributed by atoms with Crippen molar-refractivity contribution < 1.29 is 56.9 Å². The zero-order valence-corrected chi connectivity index (χ0v) is 43.6. The molecule has 1 aliphatic carbocycles. The van der Waals surface area contributed by atoms with Gasteiger partial charge in [-0.15, -0.1) is 0 Å². The minimum absolute atomic E-state index is 0.0532. The Labute approximate surface area is 418 Å². The highest BCUT2D eigenvalue weighted by Crippen LogP contribution is 2.44. The minimum atomic E-state index is -3.26. The molecular formula is C55H69N3O12Si. The fourth-order valence-corrected chi connectivity index (χ4v) is 13.9. The second-order valence-electron chi connectivity index (χ2n) is 20.3. The smallest absolute Gasteiger partial charge is 0.433 e. The number of carbonyl (C=O) groups excluding carboxylic acids is 7. The number of rotatable bonds is 21. The Hall–Kier alpha value is -6.65. The molecule has 0 radical (unpaired) electrons. The SMILES string of the molecule is CC(=O)C[C@H](C(=O)N[C@H](C(=O)C[C@@H](C)C(=O)NC(C(N)=O)C(C)OC(=O)OCC1c2ccccc2-c2ccccc21)C(C)OC(=O)OC(C)(C)C)C(C)O[Si](c1ccccc1)(c1ccccc1)C(C)(C)C. The van der Waals surface area contributed by atoms with Gasteiger partial charge in [-0.25, -0.2) is 9.59 Å². The largest absolute Gasteiger partial charge is 0.509 e. The molecule has 3 amide bonds. The number of hydrogen-bond donors (Lipinski definition) is 3. The van der Waals surface area contributed by atoms with Crippen molar-refractivity contribution in [2.24, 2.45) is 17.6 Å². The van der Waals surface area contributed by atoms with Crippen molar-refractivity contribution in [1.29, 1.82) is 0 Å². The van der Waals surface area contributed by atoms with Crippen LogP contribution >= 0.6 is 0 Å². The van der Waals surface area contributed by atoms with Gasteiger partial charge >= 0.3 is 12.3 Å². The monoisotopic (exact) mass is 991 g/mol. The van der Waals surface area contributed by atoms with Crippen molar-refractivity contribution in [3.05, 3.63) is 120 Å². The van der Waals surface area contributed by atoms with E-state index in [-0.39, 0.29) is 24.7 Å². The number of fused-ring (bicyclic) bond motifs is 3. The fraction of sp³-hybridized carbons (Fsp3) is 0.436. The first-order valence-electron chi connectivity index (χ1n) is 24.0. The number of ether oxygens (including phenoxy) is 4. The molecular weight excluding hydrogens is 923 g/mol. The summed E-state index contributed by atoms with van der Waals surface area (Å²) in [5.74, 6) is -6.14. The highest BCUT2D eigenvalue weighted by molar-refractivity contribution is 6.99. The van der Waals surface area contributed by atoms with Crippen molar-refractivity contribution in [3.63, 3.8) is 0 Å². The van der Waals surface area contributed by atoms with E-state index in [0.29, 0.717) is 0 Å². The van der Waals surface area contributed by atoms with E-state index in [0.717, 1.165) is 32.6 Å². The summed E-state index contributed by atoms with van der Waals surface area (Å²) in [5, 5.41) is 6.65. The van der Waals surface area contributed by atoms with Crippen molar-refractivity contribution in [2.75, 3.05) is 6.61 Å². The van der Waals surface area contributed by atoms with Crippen LogP contribution in [0.5, 0.6) is 0 Å². The van der Waals surface area contributed by atoms with Crippen molar-refractivity contribution >= 4 is 60.3 Å². The standard InChI is InChI=1S/C55H69N3O12Si/c1-33(50(62)58-48(49(56)61)37(5)67-52(64)66-32-45-42-28-20-18-26-40(42)41-27-19-21-29-43(41)45)30-46(60)47(36(4)68-53(65)69-54(6,7)8)57-51(63)44(31-34(2)59)35(3)70-71(55(9,10)11,38-22-14-12-15-23-38)39-24-16-13-17-25-39/h12-29,33,35-37,44-45,47-48H,30-32H2,1-11H3,(H2,56,61)(H,57,63)(H,58,62)/t33-,35?,36?,37?,44+,47+,48?/m1/s1. The second kappa shape index (κ2) is 23.5. The van der Waals surface area contributed by atoms with Gasteiger partial charge in [0.15, 0.2) is 5.78 Å². The van der Waals surface area contributed by atoms with Gasteiger partial charge in [-0.3, -0.25) is 19.2 Å². The molecule has 0 saturated carbocycles. The predicted molar refractivity (Wildman–Crippen MR) is 271 cm³/mol. The first kappa shape index (κ1) is 55.3. The lowest BCUT2D eigenvalue weighted by atomic mass is 9.93. The molecule has 4 unspecified atom stereocenters. The number of amides is 3. The van der Waals surface area contributed by atoms with Crippen LogP contribution in [0.3, 0.4) is 0 Å². The summed E-state index contributed by atoms with van der Waals surface area (Å²) >= 11 is 0. The maximum absolute atomic E-state index is 14.7. The molecule has 15 nitrogen and oxygen atoms in total. The lowest BCUT2D eigenvalue weighted by Crippen LogP contribution is -2.68. The van der Waals surface area contributed by atoms with Crippen LogP contribution in [0, 0.1) is 11.8 Å². The molecule has 0 bridgehead atoms. The van der Waals surface area contributed by atoms with Crippen molar-refractivity contribution in [2.45, 2.75) is 136 Å². The fourth-order valence-electron chi connectivity index (χ4n) is 9.13. The minimum Gasteiger partial charge on any atom is -0.433 e. The van der Waals surface area contributed by atoms with E-state index < -0.39 is 103 Å². The number of benzene rings is 4. The van der Waals surface area contributed by atoms with Crippen LogP contribution in [-0.2, 0) is 47.3 Å². The molecule has 380 valence electrons. The van der Waals surface area contributed by atoms with Crippen LogP contribution in [-0.4, -0.2) is 92.5 Å². The molecule has 0 saturated heterocycles. The van der Waals surface area contributed by atoms with Gasteiger partial charge < -0.3 is 44.5 Å². The number of hydrogen-bond acceptors (Lipinski definition) is 12. The second-order valence-corrected chi connectivity index (χ2v) is 24.6. The average Bonchev–Trinajstić information content (AvgIpc) is 3.62. The molecule has 4 aromatic carbocycles. The Morgan fingerprint density at radius 1 is 0.606 bits per heavy atom. The number of ketones is 2. The Morgan fingerprint density at radius 3 is 1.55 bits per heavy atom. The van der Waals surface area contributed by atoms with Crippen LogP contribution in [0.1, 0.15) is 106 Å². The van der Waals surface area contributed by atoms with Crippen LogP contribution in [0.25, 0.3) is 11.1 Å². The molecule has 0 fully saturated rings. The molecule has 0 heterocycles. The van der Waals surface area contributed by atoms with Gasteiger partial charge in [-0.1, -0.05) is 137 Å². The zero-order valence-electron chi connectivity index (χ0n) is 42.6. The molecule has 16 heteroatoms. The number of primary amides is 1. The summed E-state index contributed by atoms with van der Waals surface area (Å²) in [6.45, 7) is 18.3. The van der Waals surface area contributed by atoms with Crippen molar-refractivity contribution in [3.8, 4) is 11.1 Å². The van der Waals surface area contributed by atoms with Gasteiger partial charge in [0.2, 0.25) is 17.7 Å². The first-order chi connectivity index (χ1) is 33.3. The number of nitrogens with one attached hydrogen (secondary N) is 2. The quantitative estimate of drug-likeness (QED) is 0.0554. The van der Waals surface area contributed by atoms with E-state index in [4.69, 9.17) is 29.1 Å². The summed E-state index contributed by atoms with van der Waals surface area (Å²) in [6, 6.07) is 32.1. The third kappa shape index (κ3) is 13.8. The zero-order chi connectivity index (χ0) is 52.4. The molecule has 0 spiro atoms. The third-order valence-corrected chi connectivity index (χ3v) is 17.7. The summed E-state index contributed by atoms with van der Waals surface area (Å²) in [7, 11) is -3.26. The van der Waals surface area contributed by atoms with Crippen molar-refractivity contribution in [1.82, 2.24) is 10.6 Å². The first-order valence-corrected chi connectivity index (χ1v) is 25.9. The lowest BCUT2D eigenvalue weighted by Gasteiger charge is -2.45. The van der Waals surface area contributed by atoms with E-state index in [1.54, 1.807) is 27.7 Å². The van der Waals surface area contributed by atoms with E-state index in [9.17, 15) is 33.6 Å². The predicted octanol–water partition coefficient (Wildman–Crippen LogP) is 7.29. The number of carbonyl (C=O) groups is 7. The molecule has 4 aromatic rings. The lowest BCUT2D eigenvalue weighted by molar-refractivity contribution is -0.138. The normalized spacial score (nSPS) is 15.5. The topological polar surface area (TPSA) is 216 Å². The van der Waals surface area contributed by atoms with Gasteiger partial charge in [0.1, 0.15) is 42.3 Å². The van der Waals surface area contributed by atoms with Crippen LogP contribution in [0.15, 0.2) is 109 Å². The van der Waals surface area contributed by atoms with Gasteiger partial charge in [0.25, 0.3) is 8.32 Å². The Kier molecular flexibility index (Phi) is 18.3. The van der Waals surface area contributed by atoms with E-state index >= 15 is 0 Å². The molecule has 7 atom stereocenters. The molecule has 0 aromatic heterocycles. The maximum Gasteiger partial charge on any atom is 0.509 e. The average molecular weight is 992 g/mol.